The van der Waals surface area contributed by atoms with Crippen molar-refractivity contribution in [2.75, 3.05) is 13.2 Å². The number of rotatable bonds is 3. The lowest BCUT2D eigenvalue weighted by Gasteiger charge is -2.10. The zero-order valence-electron chi connectivity index (χ0n) is 9.64. The normalized spacial score (nSPS) is 19.4. The molecule has 1 aliphatic rings. The summed E-state index contributed by atoms with van der Waals surface area (Å²) in [5.41, 5.74) is -0.0764. The highest BCUT2D eigenvalue weighted by molar-refractivity contribution is 8.13. The van der Waals surface area contributed by atoms with Crippen molar-refractivity contribution >= 4 is 25.7 Å². The standard InChI is InChI=1S/C11H10ClFO5S/c12-19(15,16)10-5-7(1-2-9(10)13)11(14)18-8-3-4-17-6-8/h1-2,5,8H,3-4,6H2. The molecule has 8 heteroatoms. The Bertz CT molecular complexity index is 595. The van der Waals surface area contributed by atoms with Crippen LogP contribution in [0, 0.1) is 5.82 Å². The van der Waals surface area contributed by atoms with Gasteiger partial charge in [-0.05, 0) is 18.2 Å². The van der Waals surface area contributed by atoms with E-state index in [1.165, 1.54) is 0 Å². The molecule has 0 bridgehead atoms. The van der Waals surface area contributed by atoms with Crippen LogP contribution in [0.3, 0.4) is 0 Å². The number of carbonyl (C=O) groups is 1. The second-order valence-corrected chi connectivity index (χ2v) is 6.51. The molecular weight excluding hydrogens is 299 g/mol. The average molecular weight is 309 g/mol. The number of hydrogen-bond donors (Lipinski definition) is 0. The third kappa shape index (κ3) is 3.43. The molecule has 19 heavy (non-hydrogen) atoms. The van der Waals surface area contributed by atoms with Crippen molar-refractivity contribution in [3.8, 4) is 0 Å². The van der Waals surface area contributed by atoms with E-state index in [1.807, 2.05) is 0 Å². The minimum absolute atomic E-state index is 0.0764. The van der Waals surface area contributed by atoms with E-state index >= 15 is 0 Å². The van der Waals surface area contributed by atoms with Gasteiger partial charge in [0.05, 0.1) is 18.8 Å². The predicted molar refractivity (Wildman–Crippen MR) is 64.1 cm³/mol. The molecule has 5 nitrogen and oxygen atoms in total. The Balaban J connectivity index is 2.23. The fourth-order valence-electron chi connectivity index (χ4n) is 1.64. The van der Waals surface area contributed by atoms with Gasteiger partial charge in [0.1, 0.15) is 16.8 Å². The van der Waals surface area contributed by atoms with E-state index in [4.69, 9.17) is 20.2 Å². The molecule has 1 saturated heterocycles. The second kappa shape index (κ2) is 5.44. The Morgan fingerprint density at radius 2 is 2.21 bits per heavy atom. The summed E-state index contributed by atoms with van der Waals surface area (Å²) in [6.07, 6.45) is 0.210. The monoisotopic (exact) mass is 308 g/mol. The average Bonchev–Trinajstić information content (AvgIpc) is 2.80. The number of hydrogen-bond acceptors (Lipinski definition) is 5. The first-order valence-electron chi connectivity index (χ1n) is 5.41. The van der Waals surface area contributed by atoms with Crippen LogP contribution in [0.4, 0.5) is 4.39 Å². The van der Waals surface area contributed by atoms with E-state index in [0.717, 1.165) is 18.2 Å². The summed E-state index contributed by atoms with van der Waals surface area (Å²) in [4.78, 5) is 11.0. The van der Waals surface area contributed by atoms with Gasteiger partial charge in [-0.1, -0.05) is 0 Å². The summed E-state index contributed by atoms with van der Waals surface area (Å²) in [7, 11) is 0.819. The van der Waals surface area contributed by atoms with Crippen LogP contribution >= 0.6 is 10.7 Å². The molecule has 0 amide bonds. The van der Waals surface area contributed by atoms with Gasteiger partial charge in [0.2, 0.25) is 0 Å². The van der Waals surface area contributed by atoms with Crippen LogP contribution in [-0.2, 0) is 18.5 Å². The first kappa shape index (κ1) is 14.2. The van der Waals surface area contributed by atoms with Crippen molar-refractivity contribution in [1.82, 2.24) is 0 Å². The van der Waals surface area contributed by atoms with Crippen molar-refractivity contribution in [2.24, 2.45) is 0 Å². The van der Waals surface area contributed by atoms with Crippen molar-refractivity contribution < 1.29 is 27.1 Å². The number of halogens is 2. The van der Waals surface area contributed by atoms with Crippen LogP contribution in [0.1, 0.15) is 16.8 Å². The van der Waals surface area contributed by atoms with E-state index < -0.39 is 25.7 Å². The molecule has 0 aromatic heterocycles. The van der Waals surface area contributed by atoms with Crippen LogP contribution in [0.2, 0.25) is 0 Å². The van der Waals surface area contributed by atoms with E-state index in [-0.39, 0.29) is 11.7 Å². The third-order valence-electron chi connectivity index (χ3n) is 2.59. The molecule has 1 unspecified atom stereocenters. The highest BCUT2D eigenvalue weighted by Gasteiger charge is 2.23. The number of benzene rings is 1. The molecule has 0 saturated carbocycles. The fourth-order valence-corrected chi connectivity index (χ4v) is 2.57. The highest BCUT2D eigenvalue weighted by atomic mass is 35.7. The van der Waals surface area contributed by atoms with E-state index in [9.17, 15) is 17.6 Å². The Hall–Kier alpha value is -1.18. The van der Waals surface area contributed by atoms with Crippen molar-refractivity contribution in [2.45, 2.75) is 17.4 Å². The fraction of sp³-hybridized carbons (Fsp3) is 0.364. The molecule has 2 rings (SSSR count). The molecule has 0 radical (unpaired) electrons. The smallest absolute Gasteiger partial charge is 0.338 e. The molecule has 1 heterocycles. The highest BCUT2D eigenvalue weighted by Crippen LogP contribution is 2.21. The van der Waals surface area contributed by atoms with Gasteiger partial charge in [-0.3, -0.25) is 0 Å². The summed E-state index contributed by atoms with van der Waals surface area (Å²) in [5.74, 6) is -1.76. The predicted octanol–water partition coefficient (Wildman–Crippen LogP) is 1.70. The van der Waals surface area contributed by atoms with Crippen molar-refractivity contribution in [1.29, 1.82) is 0 Å². The van der Waals surface area contributed by atoms with Gasteiger partial charge >= 0.3 is 5.97 Å². The maximum absolute atomic E-state index is 13.3. The lowest BCUT2D eigenvalue weighted by Crippen LogP contribution is -2.18. The summed E-state index contributed by atoms with van der Waals surface area (Å²) in [6.45, 7) is 0.802. The van der Waals surface area contributed by atoms with Crippen LogP contribution in [0.25, 0.3) is 0 Å². The molecule has 1 atom stereocenters. The van der Waals surface area contributed by atoms with Gasteiger partial charge in [0, 0.05) is 17.1 Å². The molecule has 1 aromatic carbocycles. The summed E-state index contributed by atoms with van der Waals surface area (Å²) >= 11 is 0. The zero-order chi connectivity index (χ0) is 14.0. The molecular formula is C11H10ClFO5S. The lowest BCUT2D eigenvalue weighted by molar-refractivity contribution is 0.0270. The topological polar surface area (TPSA) is 69.7 Å². The van der Waals surface area contributed by atoms with E-state index in [1.54, 1.807) is 0 Å². The minimum atomic E-state index is -4.25. The molecule has 0 spiro atoms. The van der Waals surface area contributed by atoms with Gasteiger partial charge in [0.15, 0.2) is 0 Å². The van der Waals surface area contributed by atoms with Gasteiger partial charge in [-0.25, -0.2) is 17.6 Å². The Kier molecular flexibility index (Phi) is 4.07. The third-order valence-corrected chi connectivity index (χ3v) is 3.93. The molecule has 0 aliphatic carbocycles. The Morgan fingerprint density at radius 1 is 1.47 bits per heavy atom. The van der Waals surface area contributed by atoms with Gasteiger partial charge < -0.3 is 9.47 Å². The van der Waals surface area contributed by atoms with Crippen LogP contribution in [0.15, 0.2) is 23.1 Å². The minimum Gasteiger partial charge on any atom is -0.456 e. The SMILES string of the molecule is O=C(OC1CCOC1)c1ccc(F)c(S(=O)(=O)Cl)c1. The first-order valence-corrected chi connectivity index (χ1v) is 7.72. The zero-order valence-corrected chi connectivity index (χ0v) is 11.2. The van der Waals surface area contributed by atoms with Crippen molar-refractivity contribution in [3.63, 3.8) is 0 Å². The molecule has 1 aliphatic heterocycles. The summed E-state index contributed by atoms with van der Waals surface area (Å²) in [6, 6.07) is 2.85. The summed E-state index contributed by atoms with van der Waals surface area (Å²) < 4.78 is 45.7. The van der Waals surface area contributed by atoms with Gasteiger partial charge in [0.25, 0.3) is 9.05 Å². The second-order valence-electron chi connectivity index (χ2n) is 3.97. The van der Waals surface area contributed by atoms with Gasteiger partial charge in [-0.2, -0.15) is 0 Å². The quantitative estimate of drug-likeness (QED) is 0.628. The summed E-state index contributed by atoms with van der Waals surface area (Å²) in [5, 5.41) is 0. The molecule has 1 fully saturated rings. The maximum Gasteiger partial charge on any atom is 0.338 e. The molecule has 104 valence electrons. The van der Waals surface area contributed by atoms with Gasteiger partial charge in [-0.15, -0.1) is 0 Å². The Morgan fingerprint density at radius 3 is 2.79 bits per heavy atom. The van der Waals surface area contributed by atoms with E-state index in [2.05, 4.69) is 0 Å². The van der Waals surface area contributed by atoms with Crippen LogP contribution in [-0.4, -0.2) is 33.7 Å². The van der Waals surface area contributed by atoms with Crippen LogP contribution < -0.4 is 0 Å². The number of carbonyl (C=O) groups excluding carboxylic acids is 1. The molecule has 1 aromatic rings. The maximum atomic E-state index is 13.3. The lowest BCUT2D eigenvalue weighted by atomic mass is 10.2. The van der Waals surface area contributed by atoms with Crippen LogP contribution in [0.5, 0.6) is 0 Å². The van der Waals surface area contributed by atoms with E-state index in [0.29, 0.717) is 19.6 Å². The first-order chi connectivity index (χ1) is 8.88. The largest absolute Gasteiger partial charge is 0.456 e. The number of esters is 1. The Labute approximate surface area is 113 Å². The van der Waals surface area contributed by atoms with Crippen molar-refractivity contribution in [3.05, 3.63) is 29.6 Å². The molecule has 0 N–H and O–H groups in total. The number of ether oxygens (including phenoxy) is 2.